The summed E-state index contributed by atoms with van der Waals surface area (Å²) in [5.41, 5.74) is 18.3. The van der Waals surface area contributed by atoms with Gasteiger partial charge in [0.15, 0.2) is 0 Å². The first-order valence-corrected chi connectivity index (χ1v) is 51.7. The van der Waals surface area contributed by atoms with Crippen molar-refractivity contribution < 1.29 is 77.3 Å². The summed E-state index contributed by atoms with van der Waals surface area (Å²) in [7, 11) is 0. The fourth-order valence-corrected chi connectivity index (χ4v) is 20.5. The van der Waals surface area contributed by atoms with Gasteiger partial charge in [-0.25, -0.2) is 9.97 Å². The van der Waals surface area contributed by atoms with Crippen LogP contribution in [0.4, 0.5) is 0 Å². The lowest BCUT2D eigenvalue weighted by Crippen LogP contribution is -2.57. The normalized spacial score (nSPS) is 20.1. The topological polar surface area (TPSA) is 418 Å². The standard InChI is InChI=1S/C31H45N5O5S.C29H42N4O4S.2C17H20N2O2.C16H18N2O3/c1-18(2)12-13-32-26(39)15-24(21-8-10-22(11-9-21)27-19(3)33-17-42-27)35-29(40)25-14-23(38)16-36(25)30(41)28(31(5,6)7)34-20(4)37;1-17(2)8-13-24(35)32-26(29(5,6)7)28(37)33-15-22(34)14-23(33)27(36)31-18(3)20-9-11-21(12-10-20)25-19(4)30-16-38-25;1-10(2)12-5-6-13-9-19(17(21)14(13)8-12)15-7-4-11(3)18-16(15)20;1-10(2)12-5-4-6-13-14(12)9-19(17(13)21)15-8-7-11(3)18-16(15)20;1-9(2)10-3-4-12-11(7-10)8-18(16(12)21)13-5-6-14(19)17-15(13)20/h8-11,17-18,23-25,28,38H,12-16H2,1-7H3,(H,32,39)(H,34,37)(H,35,40);9-12,16-18,22-23,26,34H,8,13-15H2,1-7H3,(H,31,36)(H,32,35);5-6,8,10,15H,3-4,7,9H2,1-2H3,(H,18,20);4-6,10,15H,3,7-9H2,1-2H3,(H,18,20);3-4,7,9,13H,5-6,8H2,1-2H3,(H,17,19,20)/t23-,24+,25+,28-;18-,22+,23-,26+;;;/m10.../s1. The molecule has 8 aliphatic heterocycles. The Bertz CT molecular complexity index is 5850. The molecule has 10 heterocycles. The Kier molecular flexibility index (Phi) is 37.4. The van der Waals surface area contributed by atoms with Crippen LogP contribution < -0.4 is 42.5 Å². The van der Waals surface area contributed by atoms with Crippen LogP contribution >= 0.6 is 22.7 Å². The number of likely N-dealkylation sites (tertiary alicyclic amines) is 2. The number of carbonyl (C=O) groups is 14. The van der Waals surface area contributed by atoms with Gasteiger partial charge in [0.1, 0.15) is 42.3 Å². The fraction of sp³-hybridized carbons (Fsp3) is 0.509. The predicted molar refractivity (Wildman–Crippen MR) is 552 cm³/mol. The van der Waals surface area contributed by atoms with Crippen LogP contribution in [0.5, 0.6) is 0 Å². The molecule has 5 aromatic carbocycles. The lowest BCUT2D eigenvalue weighted by Gasteiger charge is -2.35. The van der Waals surface area contributed by atoms with Crippen molar-refractivity contribution in [3.05, 3.63) is 211 Å². The second-order valence-electron chi connectivity index (χ2n) is 42.6. The summed E-state index contributed by atoms with van der Waals surface area (Å²) in [5.74, 6) is -1.34. The summed E-state index contributed by atoms with van der Waals surface area (Å²) in [6.07, 6.45) is 3.91. The molecule has 0 saturated carbocycles. The molecule has 143 heavy (non-hydrogen) atoms. The average molecular weight is 2000 g/mol. The molecule has 8 aliphatic rings. The number of hydrogen-bond acceptors (Lipinski definition) is 20. The Morgan fingerprint density at radius 1 is 0.490 bits per heavy atom. The van der Waals surface area contributed by atoms with Gasteiger partial charge in [-0.1, -0.05) is 209 Å². The molecule has 3 unspecified atom stereocenters. The third-order valence-electron chi connectivity index (χ3n) is 27.3. The van der Waals surface area contributed by atoms with Crippen molar-refractivity contribution in [1.82, 2.24) is 77.0 Å². The molecule has 31 nitrogen and oxygen atoms in total. The first kappa shape index (κ1) is 111. The molecule has 0 radical (unpaired) electrons. The molecule has 768 valence electrons. The van der Waals surface area contributed by atoms with Gasteiger partial charge in [-0.15, -0.1) is 22.7 Å². The summed E-state index contributed by atoms with van der Waals surface area (Å²) in [5, 5.41) is 43.3. The monoisotopic (exact) mass is 2000 g/mol. The molecule has 15 rings (SSSR count). The lowest BCUT2D eigenvalue weighted by atomic mass is 9.85. The van der Waals surface area contributed by atoms with E-state index in [1.54, 1.807) is 42.9 Å². The van der Waals surface area contributed by atoms with Gasteiger partial charge >= 0.3 is 0 Å². The number of allylic oxidation sites excluding steroid dienone is 2. The number of hydrogen-bond donors (Lipinski definition) is 10. The van der Waals surface area contributed by atoms with E-state index in [4.69, 9.17) is 0 Å². The number of imide groups is 1. The maximum Gasteiger partial charge on any atom is 0.255 e. The largest absolute Gasteiger partial charge is 0.391 e. The number of nitrogens with zero attached hydrogens (tertiary/aromatic N) is 7. The quantitative estimate of drug-likeness (QED) is 0.0225. The van der Waals surface area contributed by atoms with E-state index < -0.39 is 71.1 Å². The number of rotatable bonds is 26. The van der Waals surface area contributed by atoms with Gasteiger partial charge in [-0.05, 0) is 180 Å². The number of β-amino-alcohol motifs (C(OH)–C–C–N with tert-alkyl or cyclic N) is 2. The number of aliphatic hydroxyl groups excluding tert-OH is 2. The first-order valence-electron chi connectivity index (χ1n) is 49.9. The van der Waals surface area contributed by atoms with Crippen molar-refractivity contribution in [3.63, 3.8) is 0 Å². The molecule has 5 fully saturated rings. The third-order valence-corrected chi connectivity index (χ3v) is 29.3. The van der Waals surface area contributed by atoms with Crippen molar-refractivity contribution in [2.24, 2.45) is 22.7 Å². The first-order chi connectivity index (χ1) is 67.4. The van der Waals surface area contributed by atoms with E-state index in [2.05, 4.69) is 133 Å². The van der Waals surface area contributed by atoms with Crippen LogP contribution in [0.2, 0.25) is 0 Å². The summed E-state index contributed by atoms with van der Waals surface area (Å²) in [6.45, 7) is 48.9. The van der Waals surface area contributed by atoms with Gasteiger partial charge < -0.3 is 71.9 Å². The second-order valence-corrected chi connectivity index (χ2v) is 44.3. The zero-order chi connectivity index (χ0) is 105. The zero-order valence-corrected chi connectivity index (χ0v) is 88.0. The molecular formula is C110H145N15O16S2. The number of amides is 14. The maximum absolute atomic E-state index is 13.7. The molecular weight excluding hydrogens is 1850 g/mol. The van der Waals surface area contributed by atoms with Crippen molar-refractivity contribution in [2.75, 3.05) is 19.6 Å². The molecule has 0 aliphatic carbocycles. The Labute approximate surface area is 848 Å². The molecule has 7 aromatic rings. The molecule has 0 bridgehead atoms. The van der Waals surface area contributed by atoms with E-state index in [-0.39, 0.29) is 128 Å². The number of fused-ring (bicyclic) bond motifs is 3. The zero-order valence-electron chi connectivity index (χ0n) is 86.4. The van der Waals surface area contributed by atoms with Gasteiger partial charge in [0.2, 0.25) is 65.0 Å². The summed E-state index contributed by atoms with van der Waals surface area (Å²) in [6, 6.07) is 27.8. The molecule has 10 N–H and O–H groups in total. The highest BCUT2D eigenvalue weighted by Gasteiger charge is 2.49. The fourth-order valence-electron chi connectivity index (χ4n) is 18.9. The van der Waals surface area contributed by atoms with E-state index in [0.29, 0.717) is 87.0 Å². The minimum atomic E-state index is -0.947. The molecule has 5 saturated heterocycles. The molecule has 14 amide bonds. The highest BCUT2D eigenvalue weighted by molar-refractivity contribution is 7.13. The lowest BCUT2D eigenvalue weighted by molar-refractivity contribution is -0.144. The maximum atomic E-state index is 13.7. The van der Waals surface area contributed by atoms with Gasteiger partial charge in [0.25, 0.3) is 17.7 Å². The van der Waals surface area contributed by atoms with Crippen LogP contribution in [0.25, 0.3) is 20.9 Å². The smallest absolute Gasteiger partial charge is 0.255 e. The van der Waals surface area contributed by atoms with E-state index >= 15 is 0 Å². The van der Waals surface area contributed by atoms with Gasteiger partial charge in [0, 0.05) is 100.0 Å². The SMILES string of the molecule is C=C1CCC(N2Cc3c(cccc3C(C)C)C2=O)C(=O)N1.C=C1CCC(N2Cc3ccc(C(C)C)cc3C2=O)C(=O)N1.CC(=O)N[C@H](C(=O)N1C[C@H](O)C[C@H]1C(=O)N[C@@H](CC(=O)NCCC(C)C)c1ccc(-c2scnc2C)cc1)C(C)(C)C.CC(C)c1ccc2c(c1)CN(C1CCC(=O)NC1=O)C2=O.Cc1ncsc1-c1ccc([C@H](C)NC(=O)[C@@H]2C[C@@H](O)CN2C(=O)[C@@H](NC(=O)CCC(C)C)C(C)(C)C)cc1. The number of benzene rings is 5. The van der Waals surface area contributed by atoms with Gasteiger partial charge in [0.05, 0.1) is 62.9 Å². The van der Waals surface area contributed by atoms with E-state index in [0.717, 1.165) is 114 Å². The Morgan fingerprint density at radius 3 is 1.42 bits per heavy atom. The third kappa shape index (κ3) is 28.2. The Morgan fingerprint density at radius 2 is 0.944 bits per heavy atom. The van der Waals surface area contributed by atoms with Crippen molar-refractivity contribution >= 4 is 105 Å². The average Bonchev–Trinajstić information content (AvgIpc) is 1.68. The molecule has 2 aromatic heterocycles. The summed E-state index contributed by atoms with van der Waals surface area (Å²) >= 11 is 3.13. The molecule has 33 heteroatoms. The number of aryl methyl sites for hydroxylation is 2. The number of thiazole rings is 2. The van der Waals surface area contributed by atoms with Crippen LogP contribution in [0, 0.1) is 36.5 Å². The number of piperidine rings is 3. The minimum Gasteiger partial charge on any atom is -0.391 e. The minimum absolute atomic E-state index is 0.0164. The van der Waals surface area contributed by atoms with Crippen LogP contribution in [0.3, 0.4) is 0 Å². The van der Waals surface area contributed by atoms with E-state index in [1.165, 1.54) is 27.9 Å². The van der Waals surface area contributed by atoms with E-state index in [1.807, 2.05) is 173 Å². The number of aliphatic hydroxyl groups is 2. The van der Waals surface area contributed by atoms with Crippen LogP contribution in [0.1, 0.15) is 318 Å². The van der Waals surface area contributed by atoms with Crippen LogP contribution in [-0.4, -0.2) is 202 Å². The number of carbonyl (C=O) groups excluding carboxylic acids is 14. The van der Waals surface area contributed by atoms with Crippen molar-refractivity contribution in [3.8, 4) is 20.9 Å². The number of nitrogens with one attached hydrogen (secondary N) is 8. The van der Waals surface area contributed by atoms with Gasteiger partial charge in [-0.3, -0.25) is 72.4 Å². The molecule has 0 spiro atoms. The summed E-state index contributed by atoms with van der Waals surface area (Å²) < 4.78 is 0. The second kappa shape index (κ2) is 48.3. The number of aromatic nitrogens is 2. The van der Waals surface area contributed by atoms with Gasteiger partial charge in [-0.2, -0.15) is 0 Å². The van der Waals surface area contributed by atoms with Crippen molar-refractivity contribution in [1.29, 1.82) is 0 Å². The Balaban J connectivity index is 0.000000176. The van der Waals surface area contributed by atoms with Crippen LogP contribution in [0.15, 0.2) is 139 Å². The summed E-state index contributed by atoms with van der Waals surface area (Å²) in [4.78, 5) is 195. The predicted octanol–water partition coefficient (Wildman–Crippen LogP) is 14.3. The highest BCUT2D eigenvalue weighted by atomic mass is 32.1. The van der Waals surface area contributed by atoms with E-state index in [9.17, 15) is 77.3 Å². The van der Waals surface area contributed by atoms with Crippen molar-refractivity contribution in [2.45, 2.75) is 319 Å². The Hall–Kier alpha value is -12.5. The highest BCUT2D eigenvalue weighted by Crippen LogP contribution is 2.39. The molecule has 11 atom stereocenters. The van der Waals surface area contributed by atoms with Crippen LogP contribution in [-0.2, 0) is 72.4 Å².